The van der Waals surface area contributed by atoms with Gasteiger partial charge >= 0.3 is 0 Å². The molecule has 0 bridgehead atoms. The van der Waals surface area contributed by atoms with Crippen molar-refractivity contribution in [2.24, 2.45) is 5.92 Å². The molecule has 1 aliphatic carbocycles. The van der Waals surface area contributed by atoms with Gasteiger partial charge < -0.3 is 15.0 Å². The van der Waals surface area contributed by atoms with Gasteiger partial charge in [0.25, 0.3) is 0 Å². The van der Waals surface area contributed by atoms with Gasteiger partial charge in [-0.3, -0.25) is 4.79 Å². The Kier molecular flexibility index (Phi) is 4.93. The van der Waals surface area contributed by atoms with E-state index in [1.807, 2.05) is 36.3 Å². The molecule has 0 radical (unpaired) electrons. The highest BCUT2D eigenvalue weighted by atomic mass is 35.5. The van der Waals surface area contributed by atoms with Crippen molar-refractivity contribution in [3.8, 4) is 0 Å². The molecule has 1 aromatic carbocycles. The van der Waals surface area contributed by atoms with E-state index in [1.165, 1.54) is 0 Å². The van der Waals surface area contributed by atoms with E-state index in [0.717, 1.165) is 42.1 Å². The van der Waals surface area contributed by atoms with Crippen LogP contribution in [-0.4, -0.2) is 40.6 Å². The molecule has 124 valence electrons. The van der Waals surface area contributed by atoms with Crippen LogP contribution in [0.15, 0.2) is 24.4 Å². The van der Waals surface area contributed by atoms with E-state index in [0.29, 0.717) is 23.4 Å². The zero-order chi connectivity index (χ0) is 16.4. The van der Waals surface area contributed by atoms with Gasteiger partial charge in [-0.25, -0.2) is 0 Å². The monoisotopic (exact) mass is 334 g/mol. The Morgan fingerprint density at radius 2 is 2.09 bits per heavy atom. The van der Waals surface area contributed by atoms with Crippen molar-refractivity contribution in [2.45, 2.75) is 38.1 Å². The van der Waals surface area contributed by atoms with E-state index in [1.54, 1.807) is 0 Å². The first-order valence-electron chi connectivity index (χ1n) is 8.20. The van der Waals surface area contributed by atoms with Gasteiger partial charge in [0.15, 0.2) is 0 Å². The number of aromatic amines is 1. The SMILES string of the molecule is CN(C(=O)Cc1c[nH]c2ccc(Cl)cc12)C1CCC(CO)CC1. The van der Waals surface area contributed by atoms with Crippen LogP contribution >= 0.6 is 11.6 Å². The summed E-state index contributed by atoms with van der Waals surface area (Å²) in [6.45, 7) is 0.264. The summed E-state index contributed by atoms with van der Waals surface area (Å²) in [7, 11) is 1.90. The quantitative estimate of drug-likeness (QED) is 0.900. The lowest BCUT2D eigenvalue weighted by Crippen LogP contribution is -2.40. The minimum atomic E-state index is 0.137. The third-order valence-corrected chi connectivity index (χ3v) is 5.32. The summed E-state index contributed by atoms with van der Waals surface area (Å²) in [6, 6.07) is 5.98. The number of carbonyl (C=O) groups excluding carboxylic acids is 1. The summed E-state index contributed by atoms with van der Waals surface area (Å²) in [5, 5.41) is 10.9. The molecule has 1 amide bonds. The molecule has 1 saturated carbocycles. The first kappa shape index (κ1) is 16.3. The number of hydrogen-bond donors (Lipinski definition) is 2. The van der Waals surface area contributed by atoms with Crippen LogP contribution in [0.4, 0.5) is 0 Å². The number of halogens is 1. The van der Waals surface area contributed by atoms with E-state index < -0.39 is 0 Å². The third kappa shape index (κ3) is 3.54. The fraction of sp³-hybridized carbons (Fsp3) is 0.500. The standard InChI is InChI=1S/C18H23ClN2O2/c1-21(15-5-2-12(11-22)3-6-15)18(23)8-13-10-20-17-7-4-14(19)9-16(13)17/h4,7,9-10,12,15,20,22H,2-3,5-6,8,11H2,1H3. The first-order valence-corrected chi connectivity index (χ1v) is 8.58. The number of hydrogen-bond acceptors (Lipinski definition) is 2. The predicted molar refractivity (Wildman–Crippen MR) is 92.6 cm³/mol. The molecule has 0 atom stereocenters. The van der Waals surface area contributed by atoms with E-state index in [-0.39, 0.29) is 12.5 Å². The van der Waals surface area contributed by atoms with Crippen LogP contribution < -0.4 is 0 Å². The molecule has 4 nitrogen and oxygen atoms in total. The molecule has 1 fully saturated rings. The Morgan fingerprint density at radius 3 is 2.78 bits per heavy atom. The molecule has 23 heavy (non-hydrogen) atoms. The number of nitrogens with zero attached hydrogens (tertiary/aromatic N) is 1. The molecule has 2 aromatic rings. The number of nitrogens with one attached hydrogen (secondary N) is 1. The van der Waals surface area contributed by atoms with E-state index in [4.69, 9.17) is 11.6 Å². The van der Waals surface area contributed by atoms with Crippen molar-refractivity contribution in [1.29, 1.82) is 0 Å². The highest BCUT2D eigenvalue weighted by Gasteiger charge is 2.26. The molecule has 0 aliphatic heterocycles. The van der Waals surface area contributed by atoms with E-state index >= 15 is 0 Å². The van der Waals surface area contributed by atoms with Crippen molar-refractivity contribution in [3.05, 3.63) is 35.0 Å². The number of benzene rings is 1. The van der Waals surface area contributed by atoms with E-state index in [9.17, 15) is 9.90 Å². The van der Waals surface area contributed by atoms with Crippen molar-refractivity contribution in [3.63, 3.8) is 0 Å². The zero-order valence-corrected chi connectivity index (χ0v) is 14.1. The number of aliphatic hydroxyl groups is 1. The molecule has 0 saturated heterocycles. The summed E-state index contributed by atoms with van der Waals surface area (Å²) >= 11 is 6.07. The lowest BCUT2D eigenvalue weighted by Gasteiger charge is -2.34. The minimum absolute atomic E-state index is 0.137. The molecule has 1 aliphatic rings. The molecule has 2 N–H and O–H groups in total. The van der Waals surface area contributed by atoms with Crippen LogP contribution in [0.25, 0.3) is 10.9 Å². The maximum atomic E-state index is 12.6. The number of rotatable bonds is 4. The number of H-pyrrole nitrogens is 1. The Labute approximate surface area is 141 Å². The van der Waals surface area contributed by atoms with Crippen LogP contribution in [-0.2, 0) is 11.2 Å². The molecule has 0 spiro atoms. The molecular formula is C18H23ClN2O2. The second-order valence-corrected chi connectivity index (χ2v) is 6.98. The second-order valence-electron chi connectivity index (χ2n) is 6.54. The average Bonchev–Trinajstić information content (AvgIpc) is 2.96. The fourth-order valence-electron chi connectivity index (χ4n) is 3.50. The number of aromatic nitrogens is 1. The summed E-state index contributed by atoms with van der Waals surface area (Å²) in [5.74, 6) is 0.545. The van der Waals surface area contributed by atoms with Crippen molar-refractivity contribution >= 4 is 28.4 Å². The van der Waals surface area contributed by atoms with Gasteiger partial charge in [0.2, 0.25) is 5.91 Å². The molecular weight excluding hydrogens is 312 g/mol. The van der Waals surface area contributed by atoms with Crippen LogP contribution in [0.1, 0.15) is 31.2 Å². The number of carbonyl (C=O) groups is 1. The zero-order valence-electron chi connectivity index (χ0n) is 13.4. The maximum Gasteiger partial charge on any atom is 0.227 e. The number of amides is 1. The molecule has 0 unspecified atom stereocenters. The van der Waals surface area contributed by atoms with Gasteiger partial charge in [0.1, 0.15) is 0 Å². The van der Waals surface area contributed by atoms with E-state index in [2.05, 4.69) is 4.98 Å². The molecule has 1 aromatic heterocycles. The summed E-state index contributed by atoms with van der Waals surface area (Å²) < 4.78 is 0. The topological polar surface area (TPSA) is 56.3 Å². The molecule has 3 rings (SSSR count). The smallest absolute Gasteiger partial charge is 0.227 e. The second kappa shape index (κ2) is 6.93. The highest BCUT2D eigenvalue weighted by molar-refractivity contribution is 6.31. The van der Waals surface area contributed by atoms with Crippen molar-refractivity contribution in [2.75, 3.05) is 13.7 Å². The number of fused-ring (bicyclic) bond motifs is 1. The Hall–Kier alpha value is -1.52. The lowest BCUT2D eigenvalue weighted by molar-refractivity contribution is -0.132. The minimum Gasteiger partial charge on any atom is -0.396 e. The van der Waals surface area contributed by atoms with Crippen LogP contribution in [0, 0.1) is 5.92 Å². The first-order chi connectivity index (χ1) is 11.1. The van der Waals surface area contributed by atoms with Gasteiger partial charge in [-0.15, -0.1) is 0 Å². The normalized spacial score (nSPS) is 21.5. The summed E-state index contributed by atoms with van der Waals surface area (Å²) in [4.78, 5) is 17.7. The Balaban J connectivity index is 1.67. The summed E-state index contributed by atoms with van der Waals surface area (Å²) in [5.41, 5.74) is 1.99. The molecule has 5 heteroatoms. The number of aliphatic hydroxyl groups excluding tert-OH is 1. The maximum absolute atomic E-state index is 12.6. The predicted octanol–water partition coefficient (Wildman–Crippen LogP) is 3.37. The van der Waals surface area contributed by atoms with Crippen molar-refractivity contribution < 1.29 is 9.90 Å². The highest BCUT2D eigenvalue weighted by Crippen LogP contribution is 2.28. The van der Waals surface area contributed by atoms with Crippen LogP contribution in [0.3, 0.4) is 0 Å². The van der Waals surface area contributed by atoms with Crippen LogP contribution in [0.5, 0.6) is 0 Å². The van der Waals surface area contributed by atoms with Crippen LogP contribution in [0.2, 0.25) is 5.02 Å². The Bertz CT molecular complexity index is 689. The molecule has 1 heterocycles. The van der Waals surface area contributed by atoms with Crippen molar-refractivity contribution in [1.82, 2.24) is 9.88 Å². The van der Waals surface area contributed by atoms with Gasteiger partial charge in [0.05, 0.1) is 6.42 Å². The average molecular weight is 335 g/mol. The largest absolute Gasteiger partial charge is 0.396 e. The fourth-order valence-corrected chi connectivity index (χ4v) is 3.67. The van der Waals surface area contributed by atoms with Gasteiger partial charge in [-0.2, -0.15) is 0 Å². The van der Waals surface area contributed by atoms with Gasteiger partial charge in [0, 0.05) is 41.8 Å². The lowest BCUT2D eigenvalue weighted by atomic mass is 9.86. The third-order valence-electron chi connectivity index (χ3n) is 5.09. The van der Waals surface area contributed by atoms with Gasteiger partial charge in [-0.1, -0.05) is 11.6 Å². The summed E-state index contributed by atoms with van der Waals surface area (Å²) in [6.07, 6.45) is 6.25. The number of likely N-dealkylation sites (N-methyl/N-ethyl adjacent to an activating group) is 1. The van der Waals surface area contributed by atoms with Gasteiger partial charge in [-0.05, 0) is 55.4 Å². The Morgan fingerprint density at radius 1 is 1.35 bits per heavy atom.